The van der Waals surface area contributed by atoms with E-state index >= 15 is 0 Å². The number of rotatable bonds is 6. The summed E-state index contributed by atoms with van der Waals surface area (Å²) in [4.78, 5) is 2.32. The van der Waals surface area contributed by atoms with Gasteiger partial charge in [-0.25, -0.2) is 9.07 Å². The number of tetrazole rings is 1. The molecule has 2 heterocycles. The molecule has 0 bridgehead atoms. The van der Waals surface area contributed by atoms with Crippen LogP contribution in [-0.4, -0.2) is 31.9 Å². The van der Waals surface area contributed by atoms with E-state index in [0.717, 1.165) is 59.7 Å². The van der Waals surface area contributed by atoms with E-state index in [1.54, 1.807) is 10.7 Å². The maximum absolute atomic E-state index is 13.7. The lowest BCUT2D eigenvalue weighted by Gasteiger charge is -2.48. The van der Waals surface area contributed by atoms with Gasteiger partial charge in [-0.2, -0.15) is 0 Å². The lowest BCUT2D eigenvalue weighted by Crippen LogP contribution is -2.49. The molecular formula is C28H28FN5O. The van der Waals surface area contributed by atoms with Crippen LogP contribution in [-0.2, 0) is 18.5 Å². The molecule has 6 nitrogen and oxygen atoms in total. The third kappa shape index (κ3) is 4.30. The van der Waals surface area contributed by atoms with Crippen LogP contribution in [0.5, 0.6) is 5.75 Å². The molecule has 3 aromatic carbocycles. The first kappa shape index (κ1) is 22.8. The Labute approximate surface area is 204 Å². The van der Waals surface area contributed by atoms with Crippen LogP contribution in [0.2, 0.25) is 0 Å². The van der Waals surface area contributed by atoms with Gasteiger partial charge in [0.2, 0.25) is 0 Å². The Morgan fingerprint density at radius 2 is 1.80 bits per heavy atom. The Bertz CT molecular complexity index is 1350. The summed E-state index contributed by atoms with van der Waals surface area (Å²) in [5.41, 5.74) is 4.87. The van der Waals surface area contributed by atoms with E-state index in [1.807, 2.05) is 36.4 Å². The Morgan fingerprint density at radius 1 is 1.03 bits per heavy atom. The Balaban J connectivity index is 1.52. The fraction of sp³-hybridized carbons (Fsp3) is 0.250. The number of aromatic nitrogens is 4. The quantitative estimate of drug-likeness (QED) is 0.408. The Morgan fingerprint density at radius 3 is 2.54 bits per heavy atom. The normalized spacial score (nSPS) is 17.6. The predicted octanol–water partition coefficient (Wildman–Crippen LogP) is 5.42. The fourth-order valence-electron chi connectivity index (χ4n) is 4.97. The summed E-state index contributed by atoms with van der Waals surface area (Å²) in [6, 6.07) is 20.7. The van der Waals surface area contributed by atoms with Gasteiger partial charge in [-0.3, -0.25) is 0 Å². The average Bonchev–Trinajstić information content (AvgIpc) is 3.31. The highest BCUT2D eigenvalue weighted by molar-refractivity contribution is 5.67. The van der Waals surface area contributed by atoms with Crippen molar-refractivity contribution >= 4 is 17.8 Å². The summed E-state index contributed by atoms with van der Waals surface area (Å²) >= 11 is 0. The summed E-state index contributed by atoms with van der Waals surface area (Å²) in [5.74, 6) is 0.748. The van der Waals surface area contributed by atoms with Crippen molar-refractivity contribution in [1.29, 1.82) is 0 Å². The highest BCUT2D eigenvalue weighted by Crippen LogP contribution is 2.44. The van der Waals surface area contributed by atoms with Crippen LogP contribution in [0.3, 0.4) is 0 Å². The molecule has 1 atom stereocenters. The number of hydrogen-bond donors (Lipinski definition) is 1. The van der Waals surface area contributed by atoms with Crippen molar-refractivity contribution in [2.24, 2.45) is 0 Å². The lowest BCUT2D eigenvalue weighted by atomic mass is 9.76. The van der Waals surface area contributed by atoms with Gasteiger partial charge < -0.3 is 10.0 Å². The first-order valence-corrected chi connectivity index (χ1v) is 11.9. The molecule has 1 aliphatic rings. The molecule has 178 valence electrons. The van der Waals surface area contributed by atoms with E-state index in [9.17, 15) is 9.50 Å². The summed E-state index contributed by atoms with van der Waals surface area (Å²) in [6.07, 6.45) is 5.69. The molecule has 0 fully saturated rings. The molecule has 0 saturated heterocycles. The molecule has 4 aromatic rings. The number of halogens is 1. The molecule has 1 unspecified atom stereocenters. The van der Waals surface area contributed by atoms with Gasteiger partial charge in [0.25, 0.3) is 0 Å². The predicted molar refractivity (Wildman–Crippen MR) is 135 cm³/mol. The van der Waals surface area contributed by atoms with Gasteiger partial charge in [0, 0.05) is 18.8 Å². The zero-order chi connectivity index (χ0) is 24.4. The zero-order valence-electron chi connectivity index (χ0n) is 19.9. The molecule has 0 saturated carbocycles. The number of aromatic hydroxyl groups is 1. The molecule has 1 aliphatic heterocycles. The Kier molecular flexibility index (Phi) is 6.07. The van der Waals surface area contributed by atoms with Crippen LogP contribution >= 0.6 is 0 Å². The Hall–Kier alpha value is -4.00. The van der Waals surface area contributed by atoms with Crippen molar-refractivity contribution < 1.29 is 9.50 Å². The number of fused-ring (bicyclic) bond motifs is 1. The number of phenolic OH excluding ortho intramolecular Hbond substituents is 1. The van der Waals surface area contributed by atoms with Crippen LogP contribution < -0.4 is 4.90 Å². The fourth-order valence-corrected chi connectivity index (χ4v) is 4.97. The van der Waals surface area contributed by atoms with E-state index < -0.39 is 5.54 Å². The number of aryl methyl sites for hydroxylation is 1. The van der Waals surface area contributed by atoms with Gasteiger partial charge in [-0.1, -0.05) is 43.3 Å². The largest absolute Gasteiger partial charge is 0.508 e. The van der Waals surface area contributed by atoms with Gasteiger partial charge in [0.15, 0.2) is 5.82 Å². The van der Waals surface area contributed by atoms with Gasteiger partial charge in [0.05, 0.1) is 5.54 Å². The number of phenols is 1. The summed E-state index contributed by atoms with van der Waals surface area (Å²) < 4.78 is 15.5. The van der Waals surface area contributed by atoms with Crippen molar-refractivity contribution in [2.75, 3.05) is 11.4 Å². The van der Waals surface area contributed by atoms with Crippen molar-refractivity contribution in [1.82, 2.24) is 20.2 Å². The molecule has 7 heteroatoms. The van der Waals surface area contributed by atoms with E-state index in [4.69, 9.17) is 0 Å². The third-order valence-electron chi connectivity index (χ3n) is 6.79. The second-order valence-corrected chi connectivity index (χ2v) is 9.01. The number of hydrogen-bond acceptors (Lipinski definition) is 5. The molecule has 0 spiro atoms. The van der Waals surface area contributed by atoms with Crippen LogP contribution in [0.15, 0.2) is 66.7 Å². The van der Waals surface area contributed by atoms with E-state index in [2.05, 4.69) is 58.5 Å². The average molecular weight is 470 g/mol. The molecule has 0 amide bonds. The number of benzene rings is 3. The van der Waals surface area contributed by atoms with Crippen LogP contribution in [0.4, 0.5) is 10.1 Å². The maximum Gasteiger partial charge on any atom is 0.174 e. The highest BCUT2D eigenvalue weighted by Gasteiger charge is 2.40. The maximum atomic E-state index is 13.7. The molecule has 0 aliphatic carbocycles. The SMILES string of the molecule is CCCn1nnnc1/C=C/c1ccc(C2(C)c3ccc(O)cc3CCN2c2ccc(F)cc2)cc1. The van der Waals surface area contributed by atoms with Crippen molar-refractivity contribution in [3.63, 3.8) is 0 Å². The lowest BCUT2D eigenvalue weighted by molar-refractivity contribution is 0.463. The van der Waals surface area contributed by atoms with Crippen molar-refractivity contribution in [2.45, 2.75) is 38.8 Å². The number of nitrogens with zero attached hydrogens (tertiary/aromatic N) is 5. The van der Waals surface area contributed by atoms with Crippen LogP contribution in [0.1, 0.15) is 48.3 Å². The molecule has 1 N–H and O–H groups in total. The third-order valence-corrected chi connectivity index (χ3v) is 6.79. The van der Waals surface area contributed by atoms with E-state index in [1.165, 1.54) is 12.1 Å². The summed E-state index contributed by atoms with van der Waals surface area (Å²) in [6.45, 7) is 5.81. The smallest absolute Gasteiger partial charge is 0.174 e. The van der Waals surface area contributed by atoms with E-state index in [0.29, 0.717) is 0 Å². The van der Waals surface area contributed by atoms with Gasteiger partial charge in [0.1, 0.15) is 11.6 Å². The topological polar surface area (TPSA) is 67.1 Å². The standard InChI is InChI=1S/C28H28FN5O/c1-3-17-34-27(30-31-32-34)15-6-20-4-7-22(8-5-20)28(2)26-14-13-25(35)19-21(26)16-18-33(28)24-11-9-23(29)10-12-24/h4-15,19,35H,3,16-18H2,1-2H3/b15-6+. The van der Waals surface area contributed by atoms with Gasteiger partial charge in [-0.05, 0) is 94.9 Å². The molecule has 1 aromatic heterocycles. The minimum absolute atomic E-state index is 0.251. The first-order valence-electron chi connectivity index (χ1n) is 11.9. The highest BCUT2D eigenvalue weighted by atomic mass is 19.1. The molecular weight excluding hydrogens is 441 g/mol. The van der Waals surface area contributed by atoms with Crippen LogP contribution in [0, 0.1) is 5.82 Å². The van der Waals surface area contributed by atoms with Crippen molar-refractivity contribution in [3.8, 4) is 5.75 Å². The second-order valence-electron chi connectivity index (χ2n) is 9.01. The monoisotopic (exact) mass is 469 g/mol. The van der Waals surface area contributed by atoms with Crippen LogP contribution in [0.25, 0.3) is 12.2 Å². The second kappa shape index (κ2) is 9.33. The molecule has 35 heavy (non-hydrogen) atoms. The zero-order valence-corrected chi connectivity index (χ0v) is 19.9. The van der Waals surface area contributed by atoms with E-state index in [-0.39, 0.29) is 11.6 Å². The molecule has 5 rings (SSSR count). The van der Waals surface area contributed by atoms with Gasteiger partial charge >= 0.3 is 0 Å². The minimum atomic E-state index is -0.493. The number of anilines is 1. The van der Waals surface area contributed by atoms with Gasteiger partial charge in [-0.15, -0.1) is 5.10 Å². The summed E-state index contributed by atoms with van der Waals surface area (Å²) in [5, 5.41) is 22.0. The minimum Gasteiger partial charge on any atom is -0.508 e. The molecule has 0 radical (unpaired) electrons. The van der Waals surface area contributed by atoms with Crippen molar-refractivity contribution in [3.05, 3.63) is 101 Å². The first-order chi connectivity index (χ1) is 17.0. The summed E-state index contributed by atoms with van der Waals surface area (Å²) in [7, 11) is 0.